The van der Waals surface area contributed by atoms with Gasteiger partial charge in [0.1, 0.15) is 5.75 Å². The minimum atomic E-state index is 0.709. The fraction of sp³-hybridized carbons (Fsp3) is 0.538. The number of ether oxygens (including phenoxy) is 2. The SMILES string of the molecule is COCCNCCCOc1ccc(Cl)c(C)c1. The van der Waals surface area contributed by atoms with Crippen LogP contribution in [-0.2, 0) is 4.74 Å². The Bertz CT molecular complexity index is 331. The number of methoxy groups -OCH3 is 1. The highest BCUT2D eigenvalue weighted by molar-refractivity contribution is 6.31. The van der Waals surface area contributed by atoms with Gasteiger partial charge in [-0.2, -0.15) is 0 Å². The Hall–Kier alpha value is -0.770. The number of aryl methyl sites for hydroxylation is 1. The highest BCUT2D eigenvalue weighted by atomic mass is 35.5. The molecule has 1 N–H and O–H groups in total. The third-order valence-corrected chi connectivity index (χ3v) is 2.80. The van der Waals surface area contributed by atoms with Crippen molar-refractivity contribution in [3.8, 4) is 5.75 Å². The van der Waals surface area contributed by atoms with E-state index in [-0.39, 0.29) is 0 Å². The number of benzene rings is 1. The molecule has 4 heteroatoms. The molecular weight excluding hydrogens is 238 g/mol. The quantitative estimate of drug-likeness (QED) is 0.727. The molecule has 0 heterocycles. The van der Waals surface area contributed by atoms with Crippen LogP contribution in [0.25, 0.3) is 0 Å². The normalized spacial score (nSPS) is 10.5. The highest BCUT2D eigenvalue weighted by Crippen LogP contribution is 2.20. The average molecular weight is 258 g/mol. The Morgan fingerprint density at radius 3 is 2.76 bits per heavy atom. The summed E-state index contributed by atoms with van der Waals surface area (Å²) in [7, 11) is 1.70. The monoisotopic (exact) mass is 257 g/mol. The lowest BCUT2D eigenvalue weighted by Gasteiger charge is -2.08. The molecule has 0 atom stereocenters. The van der Waals surface area contributed by atoms with Crippen molar-refractivity contribution < 1.29 is 9.47 Å². The Morgan fingerprint density at radius 2 is 2.06 bits per heavy atom. The van der Waals surface area contributed by atoms with Crippen molar-refractivity contribution in [3.05, 3.63) is 28.8 Å². The van der Waals surface area contributed by atoms with Gasteiger partial charge in [-0.1, -0.05) is 11.6 Å². The molecule has 96 valence electrons. The second-order valence-electron chi connectivity index (χ2n) is 3.86. The van der Waals surface area contributed by atoms with Gasteiger partial charge in [-0.05, 0) is 43.7 Å². The Kier molecular flexibility index (Phi) is 7.01. The van der Waals surface area contributed by atoms with E-state index in [1.54, 1.807) is 7.11 Å². The average Bonchev–Trinajstić information content (AvgIpc) is 2.32. The first-order chi connectivity index (χ1) is 8.24. The van der Waals surface area contributed by atoms with Crippen LogP contribution in [-0.4, -0.2) is 33.4 Å². The van der Waals surface area contributed by atoms with Crippen LogP contribution in [0, 0.1) is 6.92 Å². The third-order valence-electron chi connectivity index (χ3n) is 2.38. The van der Waals surface area contributed by atoms with E-state index in [0.717, 1.165) is 42.5 Å². The smallest absolute Gasteiger partial charge is 0.119 e. The highest BCUT2D eigenvalue weighted by Gasteiger charge is 1.98. The molecule has 1 rings (SSSR count). The number of halogens is 1. The van der Waals surface area contributed by atoms with Crippen molar-refractivity contribution in [1.29, 1.82) is 0 Å². The lowest BCUT2D eigenvalue weighted by atomic mass is 10.2. The molecule has 0 radical (unpaired) electrons. The van der Waals surface area contributed by atoms with Crippen molar-refractivity contribution in [3.63, 3.8) is 0 Å². The molecule has 0 saturated carbocycles. The predicted octanol–water partition coefficient (Wildman–Crippen LogP) is 2.65. The van der Waals surface area contributed by atoms with Crippen LogP contribution in [0.5, 0.6) is 5.75 Å². The standard InChI is InChI=1S/C13H20ClNO2/c1-11-10-12(4-5-13(11)14)17-8-3-6-15-7-9-16-2/h4-5,10,15H,3,6-9H2,1-2H3. The molecule has 0 aromatic heterocycles. The summed E-state index contributed by atoms with van der Waals surface area (Å²) in [5, 5.41) is 4.04. The van der Waals surface area contributed by atoms with Crippen LogP contribution >= 0.6 is 11.6 Å². The number of rotatable bonds is 8. The minimum absolute atomic E-state index is 0.709. The lowest BCUT2D eigenvalue weighted by molar-refractivity contribution is 0.198. The van der Waals surface area contributed by atoms with Crippen molar-refractivity contribution in [2.75, 3.05) is 33.4 Å². The maximum absolute atomic E-state index is 5.94. The summed E-state index contributed by atoms with van der Waals surface area (Å²) >= 11 is 5.94. The zero-order valence-corrected chi connectivity index (χ0v) is 11.2. The Labute approximate surface area is 108 Å². The van der Waals surface area contributed by atoms with E-state index in [4.69, 9.17) is 21.1 Å². The molecule has 3 nitrogen and oxygen atoms in total. The van der Waals surface area contributed by atoms with Gasteiger partial charge in [0.25, 0.3) is 0 Å². The summed E-state index contributed by atoms with van der Waals surface area (Å²) in [6, 6.07) is 5.72. The molecule has 1 aromatic rings. The largest absolute Gasteiger partial charge is 0.494 e. The van der Waals surface area contributed by atoms with Gasteiger partial charge in [0.2, 0.25) is 0 Å². The van der Waals surface area contributed by atoms with E-state index < -0.39 is 0 Å². The van der Waals surface area contributed by atoms with E-state index in [2.05, 4.69) is 5.32 Å². The summed E-state index contributed by atoms with van der Waals surface area (Å²) in [5.41, 5.74) is 1.04. The van der Waals surface area contributed by atoms with Crippen LogP contribution in [0.2, 0.25) is 5.02 Å². The fourth-order valence-electron chi connectivity index (χ4n) is 1.39. The van der Waals surface area contributed by atoms with Crippen LogP contribution in [0.15, 0.2) is 18.2 Å². The first-order valence-corrected chi connectivity index (χ1v) is 6.20. The molecule has 0 aliphatic heterocycles. The molecule has 1 aromatic carbocycles. The molecular formula is C13H20ClNO2. The van der Waals surface area contributed by atoms with E-state index in [9.17, 15) is 0 Å². The summed E-state index contributed by atoms with van der Waals surface area (Å²) in [6.45, 7) is 5.26. The lowest BCUT2D eigenvalue weighted by Crippen LogP contribution is -2.21. The molecule has 0 bridgehead atoms. The maximum Gasteiger partial charge on any atom is 0.119 e. The zero-order chi connectivity index (χ0) is 12.5. The topological polar surface area (TPSA) is 30.5 Å². The first kappa shape index (κ1) is 14.3. The van der Waals surface area contributed by atoms with Crippen LogP contribution in [0.1, 0.15) is 12.0 Å². The van der Waals surface area contributed by atoms with E-state index in [1.807, 2.05) is 25.1 Å². The predicted molar refractivity (Wildman–Crippen MR) is 71.0 cm³/mol. The van der Waals surface area contributed by atoms with Gasteiger partial charge in [0.05, 0.1) is 13.2 Å². The van der Waals surface area contributed by atoms with Gasteiger partial charge in [-0.15, -0.1) is 0 Å². The number of nitrogens with one attached hydrogen (secondary N) is 1. The van der Waals surface area contributed by atoms with Crippen molar-refractivity contribution in [2.24, 2.45) is 0 Å². The summed E-state index contributed by atoms with van der Waals surface area (Å²) in [6.07, 6.45) is 0.978. The second-order valence-corrected chi connectivity index (χ2v) is 4.26. The van der Waals surface area contributed by atoms with Gasteiger partial charge in [0, 0.05) is 18.7 Å². The second kappa shape index (κ2) is 8.34. The zero-order valence-electron chi connectivity index (χ0n) is 10.5. The minimum Gasteiger partial charge on any atom is -0.494 e. The molecule has 0 amide bonds. The van der Waals surface area contributed by atoms with Gasteiger partial charge >= 0.3 is 0 Å². The maximum atomic E-state index is 5.94. The van der Waals surface area contributed by atoms with Gasteiger partial charge in [-0.3, -0.25) is 0 Å². The van der Waals surface area contributed by atoms with E-state index in [0.29, 0.717) is 6.61 Å². The van der Waals surface area contributed by atoms with Crippen LogP contribution in [0.3, 0.4) is 0 Å². The number of hydrogen-bond donors (Lipinski definition) is 1. The number of hydrogen-bond acceptors (Lipinski definition) is 3. The molecule has 0 spiro atoms. The molecule has 0 aliphatic rings. The van der Waals surface area contributed by atoms with Gasteiger partial charge in [-0.25, -0.2) is 0 Å². The van der Waals surface area contributed by atoms with Crippen LogP contribution in [0.4, 0.5) is 0 Å². The van der Waals surface area contributed by atoms with E-state index >= 15 is 0 Å². The molecule has 0 saturated heterocycles. The molecule has 0 fully saturated rings. The van der Waals surface area contributed by atoms with Crippen molar-refractivity contribution >= 4 is 11.6 Å². The van der Waals surface area contributed by atoms with Gasteiger partial charge < -0.3 is 14.8 Å². The Morgan fingerprint density at radius 1 is 1.24 bits per heavy atom. The molecule has 0 unspecified atom stereocenters. The fourth-order valence-corrected chi connectivity index (χ4v) is 1.51. The molecule has 0 aliphatic carbocycles. The summed E-state index contributed by atoms with van der Waals surface area (Å²) < 4.78 is 10.6. The third kappa shape index (κ3) is 5.91. The summed E-state index contributed by atoms with van der Waals surface area (Å²) in [4.78, 5) is 0. The summed E-state index contributed by atoms with van der Waals surface area (Å²) in [5.74, 6) is 0.879. The van der Waals surface area contributed by atoms with Crippen molar-refractivity contribution in [2.45, 2.75) is 13.3 Å². The van der Waals surface area contributed by atoms with Crippen molar-refractivity contribution in [1.82, 2.24) is 5.32 Å². The first-order valence-electron chi connectivity index (χ1n) is 5.82. The van der Waals surface area contributed by atoms with E-state index in [1.165, 1.54) is 0 Å². The van der Waals surface area contributed by atoms with Crippen LogP contribution < -0.4 is 10.1 Å². The Balaban J connectivity index is 2.11. The molecule has 17 heavy (non-hydrogen) atoms. The van der Waals surface area contributed by atoms with Gasteiger partial charge in [0.15, 0.2) is 0 Å².